The Balaban J connectivity index is 2.05. The Morgan fingerprint density at radius 1 is 1.47 bits per heavy atom. The fraction of sp³-hybridized carbons (Fsp3) is 0.455. The number of hydrogen-bond acceptors (Lipinski definition) is 3. The molecule has 0 aliphatic carbocycles. The molecule has 82 valence electrons. The summed E-state index contributed by atoms with van der Waals surface area (Å²) in [5.74, 6) is -0.213. The van der Waals surface area contributed by atoms with Crippen LogP contribution in [0, 0.1) is 5.82 Å². The van der Waals surface area contributed by atoms with Gasteiger partial charge in [0.15, 0.2) is 0 Å². The van der Waals surface area contributed by atoms with Gasteiger partial charge in [0, 0.05) is 22.4 Å². The molecule has 0 bridgehead atoms. The first-order valence-corrected chi connectivity index (χ1v) is 6.06. The number of nitrogen functional groups attached to an aromatic ring is 1. The summed E-state index contributed by atoms with van der Waals surface area (Å²) < 4.78 is 13.0. The van der Waals surface area contributed by atoms with E-state index >= 15 is 0 Å². The molecule has 1 atom stereocenters. The van der Waals surface area contributed by atoms with Gasteiger partial charge >= 0.3 is 0 Å². The van der Waals surface area contributed by atoms with Crippen molar-refractivity contribution in [3.63, 3.8) is 0 Å². The summed E-state index contributed by atoms with van der Waals surface area (Å²) in [5, 5.41) is 3.85. The van der Waals surface area contributed by atoms with Gasteiger partial charge in [-0.25, -0.2) is 4.39 Å². The van der Waals surface area contributed by atoms with Crippen LogP contribution in [0.4, 0.5) is 10.1 Å². The highest BCUT2D eigenvalue weighted by Crippen LogP contribution is 2.31. The second-order valence-corrected chi connectivity index (χ2v) is 5.11. The summed E-state index contributed by atoms with van der Waals surface area (Å²) in [6, 6.07) is 4.56. The van der Waals surface area contributed by atoms with Crippen LogP contribution in [0.2, 0.25) is 0 Å². The Bertz CT molecular complexity index is 337. The molecule has 1 heterocycles. The van der Waals surface area contributed by atoms with Gasteiger partial charge < -0.3 is 11.1 Å². The minimum Gasteiger partial charge on any atom is -0.398 e. The third kappa shape index (κ3) is 2.86. The van der Waals surface area contributed by atoms with Crippen molar-refractivity contribution in [2.75, 3.05) is 18.8 Å². The van der Waals surface area contributed by atoms with Gasteiger partial charge in [0.1, 0.15) is 5.82 Å². The zero-order valence-electron chi connectivity index (χ0n) is 8.50. The first-order valence-electron chi connectivity index (χ1n) is 5.18. The van der Waals surface area contributed by atoms with E-state index in [1.54, 1.807) is 17.8 Å². The predicted octanol–water partition coefficient (Wildman–Crippen LogP) is 2.25. The maximum Gasteiger partial charge on any atom is 0.124 e. The number of hydrogen-bond donors (Lipinski definition) is 2. The van der Waals surface area contributed by atoms with Crippen LogP contribution in [0.3, 0.4) is 0 Å². The highest BCUT2D eigenvalue weighted by Gasteiger charge is 2.15. The number of halogens is 1. The molecule has 1 unspecified atom stereocenters. The van der Waals surface area contributed by atoms with E-state index in [0.29, 0.717) is 10.9 Å². The Hall–Kier alpha value is -0.740. The lowest BCUT2D eigenvalue weighted by Gasteiger charge is -2.22. The topological polar surface area (TPSA) is 38.0 Å². The van der Waals surface area contributed by atoms with Gasteiger partial charge in [-0.3, -0.25) is 0 Å². The van der Waals surface area contributed by atoms with Crippen molar-refractivity contribution in [1.29, 1.82) is 0 Å². The van der Waals surface area contributed by atoms with Crippen LogP contribution in [0.25, 0.3) is 0 Å². The van der Waals surface area contributed by atoms with Gasteiger partial charge in [0.2, 0.25) is 0 Å². The first-order chi connectivity index (χ1) is 7.25. The molecule has 0 radical (unpaired) electrons. The minimum atomic E-state index is -0.213. The summed E-state index contributed by atoms with van der Waals surface area (Å²) in [4.78, 5) is 0.865. The largest absolute Gasteiger partial charge is 0.398 e. The SMILES string of the molecule is Nc1ccc(F)cc1SC1CCCNC1. The van der Waals surface area contributed by atoms with E-state index in [0.717, 1.165) is 18.0 Å². The van der Waals surface area contributed by atoms with E-state index in [9.17, 15) is 4.39 Å². The van der Waals surface area contributed by atoms with Crippen LogP contribution < -0.4 is 11.1 Å². The molecule has 0 amide bonds. The van der Waals surface area contributed by atoms with E-state index < -0.39 is 0 Å². The molecule has 2 rings (SSSR count). The van der Waals surface area contributed by atoms with E-state index in [1.165, 1.54) is 25.0 Å². The summed E-state index contributed by atoms with van der Waals surface area (Å²) >= 11 is 1.68. The lowest BCUT2D eigenvalue weighted by Crippen LogP contribution is -2.31. The summed E-state index contributed by atoms with van der Waals surface area (Å²) in [6.07, 6.45) is 2.36. The fourth-order valence-electron chi connectivity index (χ4n) is 1.71. The van der Waals surface area contributed by atoms with Crippen LogP contribution in [0.15, 0.2) is 23.1 Å². The number of benzene rings is 1. The van der Waals surface area contributed by atoms with Crippen molar-refractivity contribution < 1.29 is 4.39 Å². The predicted molar refractivity (Wildman–Crippen MR) is 62.6 cm³/mol. The van der Waals surface area contributed by atoms with Crippen LogP contribution in [-0.4, -0.2) is 18.3 Å². The highest BCUT2D eigenvalue weighted by molar-refractivity contribution is 8.00. The van der Waals surface area contributed by atoms with Gasteiger partial charge in [0.05, 0.1) is 0 Å². The Morgan fingerprint density at radius 3 is 3.07 bits per heavy atom. The zero-order chi connectivity index (χ0) is 10.7. The summed E-state index contributed by atoms with van der Waals surface area (Å²) in [7, 11) is 0. The summed E-state index contributed by atoms with van der Waals surface area (Å²) in [5.41, 5.74) is 6.47. The molecular formula is C11H15FN2S. The molecule has 1 aromatic carbocycles. The molecule has 2 nitrogen and oxygen atoms in total. The Kier molecular flexibility index (Phi) is 3.49. The zero-order valence-corrected chi connectivity index (χ0v) is 9.32. The molecule has 4 heteroatoms. The van der Waals surface area contributed by atoms with Crippen molar-refractivity contribution in [2.45, 2.75) is 23.0 Å². The van der Waals surface area contributed by atoms with Crippen molar-refractivity contribution in [3.05, 3.63) is 24.0 Å². The van der Waals surface area contributed by atoms with Gasteiger partial charge in [-0.1, -0.05) is 0 Å². The number of rotatable bonds is 2. The van der Waals surface area contributed by atoms with Crippen LogP contribution in [0.1, 0.15) is 12.8 Å². The quantitative estimate of drug-likeness (QED) is 0.760. The average Bonchev–Trinajstić information content (AvgIpc) is 2.25. The number of nitrogens with one attached hydrogen (secondary N) is 1. The van der Waals surface area contributed by atoms with Crippen molar-refractivity contribution in [2.24, 2.45) is 0 Å². The van der Waals surface area contributed by atoms with Gasteiger partial charge in [0.25, 0.3) is 0 Å². The van der Waals surface area contributed by atoms with Crippen LogP contribution in [-0.2, 0) is 0 Å². The Labute approximate surface area is 93.4 Å². The maximum absolute atomic E-state index is 13.0. The normalized spacial score (nSPS) is 21.5. The summed E-state index contributed by atoms with van der Waals surface area (Å²) in [6.45, 7) is 2.08. The smallest absolute Gasteiger partial charge is 0.124 e. The van der Waals surface area contributed by atoms with Gasteiger partial charge in [-0.2, -0.15) is 0 Å². The van der Waals surface area contributed by atoms with E-state index in [1.807, 2.05) is 0 Å². The number of anilines is 1. The van der Waals surface area contributed by atoms with E-state index in [2.05, 4.69) is 5.32 Å². The molecule has 15 heavy (non-hydrogen) atoms. The molecular weight excluding hydrogens is 211 g/mol. The van der Waals surface area contributed by atoms with Crippen LogP contribution >= 0.6 is 11.8 Å². The molecule has 1 aromatic rings. The fourth-order valence-corrected chi connectivity index (χ4v) is 2.94. The molecule has 0 aromatic heterocycles. The first kappa shape index (κ1) is 10.8. The second kappa shape index (κ2) is 4.86. The molecule has 1 aliphatic heterocycles. The minimum absolute atomic E-state index is 0.213. The lowest BCUT2D eigenvalue weighted by atomic mass is 10.2. The molecule has 1 aliphatic rings. The number of thioether (sulfide) groups is 1. The molecule has 3 N–H and O–H groups in total. The second-order valence-electron chi connectivity index (χ2n) is 3.77. The van der Waals surface area contributed by atoms with Gasteiger partial charge in [-0.05, 0) is 37.6 Å². The molecule has 1 saturated heterocycles. The van der Waals surface area contributed by atoms with Crippen LogP contribution in [0.5, 0.6) is 0 Å². The van der Waals surface area contributed by atoms with E-state index in [-0.39, 0.29) is 5.82 Å². The van der Waals surface area contributed by atoms with E-state index in [4.69, 9.17) is 5.73 Å². The molecule has 0 saturated carbocycles. The molecule has 0 spiro atoms. The molecule has 1 fully saturated rings. The standard InChI is InChI=1S/C11H15FN2S/c12-8-3-4-10(13)11(6-8)15-9-2-1-5-14-7-9/h3-4,6,9,14H,1-2,5,7,13H2. The number of nitrogens with two attached hydrogens (primary N) is 1. The van der Waals surface area contributed by atoms with Crippen molar-refractivity contribution in [3.8, 4) is 0 Å². The highest BCUT2D eigenvalue weighted by atomic mass is 32.2. The average molecular weight is 226 g/mol. The van der Waals surface area contributed by atoms with Crippen molar-refractivity contribution in [1.82, 2.24) is 5.32 Å². The Morgan fingerprint density at radius 2 is 2.33 bits per heavy atom. The number of piperidine rings is 1. The third-order valence-electron chi connectivity index (χ3n) is 2.52. The monoisotopic (exact) mass is 226 g/mol. The maximum atomic E-state index is 13.0. The third-order valence-corrected chi connectivity index (χ3v) is 3.86. The van der Waals surface area contributed by atoms with Gasteiger partial charge in [-0.15, -0.1) is 11.8 Å². The van der Waals surface area contributed by atoms with Crippen molar-refractivity contribution >= 4 is 17.4 Å². The lowest BCUT2D eigenvalue weighted by molar-refractivity contribution is 0.531.